The van der Waals surface area contributed by atoms with E-state index in [9.17, 15) is 5.11 Å². The van der Waals surface area contributed by atoms with Gasteiger partial charge in [-0.3, -0.25) is 0 Å². The second kappa shape index (κ2) is 4.34. The second-order valence-corrected chi connectivity index (χ2v) is 5.37. The molecule has 2 rings (SSSR count). The fraction of sp³-hybridized carbons (Fsp3) is 0.357. The van der Waals surface area contributed by atoms with Crippen LogP contribution in [0.4, 0.5) is 0 Å². The molecule has 0 bridgehead atoms. The van der Waals surface area contributed by atoms with Crippen molar-refractivity contribution in [2.24, 2.45) is 0 Å². The molecule has 1 N–H and O–H groups in total. The van der Waals surface area contributed by atoms with Crippen LogP contribution < -0.4 is 4.74 Å². The highest BCUT2D eigenvalue weighted by molar-refractivity contribution is 9.10. The van der Waals surface area contributed by atoms with Crippen LogP contribution in [-0.2, 0) is 12.0 Å². The molecule has 0 amide bonds. The molecule has 0 fully saturated rings. The van der Waals surface area contributed by atoms with Crippen molar-refractivity contribution in [3.8, 4) is 5.75 Å². The molecule has 1 aromatic rings. The summed E-state index contributed by atoms with van der Waals surface area (Å²) in [7, 11) is 0. The van der Waals surface area contributed by atoms with Crippen LogP contribution in [0, 0.1) is 0 Å². The van der Waals surface area contributed by atoms with Crippen molar-refractivity contribution < 1.29 is 9.84 Å². The van der Waals surface area contributed by atoms with Gasteiger partial charge in [-0.05, 0) is 37.6 Å². The number of hydrogen-bond acceptors (Lipinski definition) is 2. The molecule has 2 nitrogen and oxygen atoms in total. The van der Waals surface area contributed by atoms with Gasteiger partial charge in [0.25, 0.3) is 0 Å². The van der Waals surface area contributed by atoms with Crippen molar-refractivity contribution in [2.75, 3.05) is 0 Å². The molecule has 3 heteroatoms. The molecule has 0 radical (unpaired) electrons. The van der Waals surface area contributed by atoms with E-state index in [1.54, 1.807) is 6.08 Å². The van der Waals surface area contributed by atoms with E-state index in [0.29, 0.717) is 6.42 Å². The number of rotatable bonds is 3. The number of ether oxygens (including phenoxy) is 1. The quantitative estimate of drug-likeness (QED) is 0.867. The highest BCUT2D eigenvalue weighted by Crippen LogP contribution is 2.48. The fourth-order valence-electron chi connectivity index (χ4n) is 2.14. The van der Waals surface area contributed by atoms with Crippen LogP contribution >= 0.6 is 15.9 Å². The van der Waals surface area contributed by atoms with Gasteiger partial charge in [-0.1, -0.05) is 22.5 Å². The fourth-order valence-corrected chi connectivity index (χ4v) is 2.61. The van der Waals surface area contributed by atoms with Crippen molar-refractivity contribution in [1.82, 2.24) is 0 Å². The monoisotopic (exact) mass is 294 g/mol. The van der Waals surface area contributed by atoms with E-state index >= 15 is 0 Å². The van der Waals surface area contributed by atoms with Gasteiger partial charge < -0.3 is 9.84 Å². The Morgan fingerprint density at radius 2 is 2.29 bits per heavy atom. The van der Waals surface area contributed by atoms with Crippen LogP contribution in [0.2, 0.25) is 0 Å². The molecule has 1 aliphatic carbocycles. The lowest BCUT2D eigenvalue weighted by molar-refractivity contribution is 0.0584. The van der Waals surface area contributed by atoms with Gasteiger partial charge in [0, 0.05) is 16.5 Å². The number of halogens is 1. The van der Waals surface area contributed by atoms with Crippen LogP contribution in [-0.4, -0.2) is 11.2 Å². The number of aliphatic hydroxyl groups is 1. The van der Waals surface area contributed by atoms with Gasteiger partial charge in [0.1, 0.15) is 11.4 Å². The molecule has 1 atom stereocenters. The molecule has 0 saturated carbocycles. The van der Waals surface area contributed by atoms with Gasteiger partial charge in [0.15, 0.2) is 0 Å². The zero-order valence-electron chi connectivity index (χ0n) is 9.96. The Labute approximate surface area is 110 Å². The first-order valence-electron chi connectivity index (χ1n) is 5.56. The maximum atomic E-state index is 10.4. The van der Waals surface area contributed by atoms with Crippen molar-refractivity contribution in [1.29, 1.82) is 0 Å². The smallest absolute Gasteiger partial charge is 0.126 e. The molecular weight excluding hydrogens is 280 g/mol. The minimum atomic E-state index is -0.981. The van der Waals surface area contributed by atoms with Crippen molar-refractivity contribution in [2.45, 2.75) is 32.0 Å². The first kappa shape index (κ1) is 12.4. The van der Waals surface area contributed by atoms with Crippen LogP contribution in [0.3, 0.4) is 0 Å². The molecule has 0 saturated heterocycles. The molecule has 17 heavy (non-hydrogen) atoms. The van der Waals surface area contributed by atoms with Gasteiger partial charge in [-0.2, -0.15) is 0 Å². The standard InChI is InChI=1S/C14H15BrO2/c1-4-7-14(16)8-10-11(15)5-6-12(13(10)14)17-9(2)3/h5-7,9,16H,1,8H2,2-3H3. The van der Waals surface area contributed by atoms with E-state index in [1.807, 2.05) is 26.0 Å². The minimum absolute atomic E-state index is 0.0813. The number of hydrogen-bond donors (Lipinski definition) is 1. The Kier molecular flexibility index (Phi) is 3.17. The molecule has 1 unspecified atom stereocenters. The molecule has 0 aliphatic heterocycles. The molecule has 0 heterocycles. The predicted octanol–water partition coefficient (Wildman–Crippen LogP) is 3.32. The van der Waals surface area contributed by atoms with E-state index in [2.05, 4.69) is 28.2 Å². The van der Waals surface area contributed by atoms with Crippen LogP contribution in [0.25, 0.3) is 0 Å². The largest absolute Gasteiger partial charge is 0.491 e. The van der Waals surface area contributed by atoms with E-state index in [1.165, 1.54) is 0 Å². The van der Waals surface area contributed by atoms with Gasteiger partial charge >= 0.3 is 0 Å². The van der Waals surface area contributed by atoms with Crippen LogP contribution in [0.5, 0.6) is 5.75 Å². The third kappa shape index (κ3) is 2.06. The SMILES string of the molecule is C=C=CC1(O)Cc2c(Br)ccc(OC(C)C)c21. The normalized spacial score (nSPS) is 21.5. The van der Waals surface area contributed by atoms with Gasteiger partial charge in [-0.15, -0.1) is 5.73 Å². The first-order chi connectivity index (χ1) is 7.98. The van der Waals surface area contributed by atoms with E-state index in [-0.39, 0.29) is 6.10 Å². The Morgan fingerprint density at radius 1 is 1.59 bits per heavy atom. The third-order valence-electron chi connectivity index (χ3n) is 2.80. The Hall–Kier alpha value is -1.02. The van der Waals surface area contributed by atoms with Crippen LogP contribution in [0.1, 0.15) is 25.0 Å². The number of fused-ring (bicyclic) bond motifs is 1. The zero-order valence-corrected chi connectivity index (χ0v) is 11.5. The second-order valence-electron chi connectivity index (χ2n) is 4.52. The van der Waals surface area contributed by atoms with E-state index in [4.69, 9.17) is 4.74 Å². The van der Waals surface area contributed by atoms with Gasteiger partial charge in [-0.25, -0.2) is 0 Å². The van der Waals surface area contributed by atoms with Crippen molar-refractivity contribution in [3.05, 3.63) is 46.1 Å². The maximum absolute atomic E-state index is 10.4. The van der Waals surface area contributed by atoms with E-state index < -0.39 is 5.60 Å². The molecule has 0 spiro atoms. The summed E-state index contributed by atoms with van der Waals surface area (Å²) in [6.07, 6.45) is 2.24. The summed E-state index contributed by atoms with van der Waals surface area (Å²) in [6.45, 7) is 7.46. The molecule has 1 aromatic carbocycles. The Morgan fingerprint density at radius 3 is 2.88 bits per heavy atom. The summed E-state index contributed by atoms with van der Waals surface area (Å²) in [5.41, 5.74) is 3.60. The van der Waals surface area contributed by atoms with Gasteiger partial charge in [0.05, 0.1) is 6.10 Å². The summed E-state index contributed by atoms with van der Waals surface area (Å²) in [4.78, 5) is 0. The maximum Gasteiger partial charge on any atom is 0.126 e. The predicted molar refractivity (Wildman–Crippen MR) is 71.2 cm³/mol. The Bertz CT molecular complexity index is 501. The summed E-state index contributed by atoms with van der Waals surface area (Å²) >= 11 is 3.48. The summed E-state index contributed by atoms with van der Waals surface area (Å²) < 4.78 is 6.73. The van der Waals surface area contributed by atoms with E-state index in [0.717, 1.165) is 21.3 Å². The lowest BCUT2D eigenvalue weighted by atomic mass is 9.73. The highest BCUT2D eigenvalue weighted by Gasteiger charge is 2.43. The van der Waals surface area contributed by atoms with Gasteiger partial charge in [0.2, 0.25) is 0 Å². The zero-order chi connectivity index (χ0) is 12.6. The average molecular weight is 295 g/mol. The number of benzene rings is 1. The van der Waals surface area contributed by atoms with Crippen LogP contribution in [0.15, 0.2) is 35.0 Å². The minimum Gasteiger partial charge on any atom is -0.491 e. The topological polar surface area (TPSA) is 29.5 Å². The summed E-state index contributed by atoms with van der Waals surface area (Å²) in [6, 6.07) is 3.83. The lowest BCUT2D eigenvalue weighted by Crippen LogP contribution is -2.37. The highest BCUT2D eigenvalue weighted by atomic mass is 79.9. The van der Waals surface area contributed by atoms with Crippen molar-refractivity contribution >= 4 is 15.9 Å². The molecule has 0 aromatic heterocycles. The summed E-state index contributed by atoms with van der Waals surface area (Å²) in [5, 5.41) is 10.4. The third-order valence-corrected chi connectivity index (χ3v) is 3.54. The molecular formula is C14H15BrO2. The Balaban J connectivity index is 2.51. The molecule has 90 valence electrons. The molecule has 1 aliphatic rings. The van der Waals surface area contributed by atoms with Crippen molar-refractivity contribution in [3.63, 3.8) is 0 Å². The first-order valence-corrected chi connectivity index (χ1v) is 6.35. The lowest BCUT2D eigenvalue weighted by Gasteiger charge is -2.39. The summed E-state index contributed by atoms with van der Waals surface area (Å²) in [5.74, 6) is 0.735. The average Bonchev–Trinajstić information content (AvgIpc) is 2.21.